The lowest BCUT2D eigenvalue weighted by molar-refractivity contribution is 1.08. The maximum atomic E-state index is 5.93. The highest BCUT2D eigenvalue weighted by molar-refractivity contribution is 6.30. The molecule has 0 aliphatic rings. The molecular formula is C15H13ClN4. The molecule has 5 heteroatoms. The summed E-state index contributed by atoms with van der Waals surface area (Å²) in [5, 5.41) is 9.19. The molecule has 0 amide bonds. The van der Waals surface area contributed by atoms with Crippen molar-refractivity contribution in [2.75, 3.05) is 0 Å². The average Bonchev–Trinajstić information content (AvgIpc) is 2.72. The van der Waals surface area contributed by atoms with Crippen LogP contribution >= 0.6 is 11.6 Å². The van der Waals surface area contributed by atoms with E-state index in [0.717, 1.165) is 28.4 Å². The van der Waals surface area contributed by atoms with Crippen LogP contribution in [-0.2, 0) is 0 Å². The third kappa shape index (κ3) is 2.42. The number of rotatable bonds is 2. The zero-order valence-corrected chi connectivity index (χ0v) is 12.0. The van der Waals surface area contributed by atoms with Gasteiger partial charge in [0.2, 0.25) is 0 Å². The van der Waals surface area contributed by atoms with Gasteiger partial charge in [-0.1, -0.05) is 23.7 Å². The Morgan fingerprint density at radius 3 is 2.75 bits per heavy atom. The van der Waals surface area contributed by atoms with Gasteiger partial charge in [-0.15, -0.1) is 10.2 Å². The van der Waals surface area contributed by atoms with Crippen molar-refractivity contribution in [3.8, 4) is 0 Å². The van der Waals surface area contributed by atoms with Crippen molar-refractivity contribution in [1.82, 2.24) is 9.38 Å². The minimum Gasteiger partial charge on any atom is -0.283 e. The van der Waals surface area contributed by atoms with E-state index in [1.165, 1.54) is 0 Å². The van der Waals surface area contributed by atoms with Crippen molar-refractivity contribution < 1.29 is 0 Å². The van der Waals surface area contributed by atoms with Gasteiger partial charge in [0.1, 0.15) is 5.65 Å². The molecule has 4 nitrogen and oxygen atoms in total. The van der Waals surface area contributed by atoms with Crippen LogP contribution in [0.15, 0.2) is 52.8 Å². The van der Waals surface area contributed by atoms with Gasteiger partial charge in [-0.3, -0.25) is 4.40 Å². The van der Waals surface area contributed by atoms with Crippen molar-refractivity contribution in [2.24, 2.45) is 10.2 Å². The Kier molecular flexibility index (Phi) is 3.24. The van der Waals surface area contributed by atoms with E-state index in [1.54, 1.807) is 6.07 Å². The Bertz CT molecular complexity index is 805. The van der Waals surface area contributed by atoms with Crippen molar-refractivity contribution in [2.45, 2.75) is 13.8 Å². The van der Waals surface area contributed by atoms with Gasteiger partial charge in [0.05, 0.1) is 11.4 Å². The van der Waals surface area contributed by atoms with Gasteiger partial charge in [-0.25, -0.2) is 4.98 Å². The third-order valence-electron chi connectivity index (χ3n) is 2.98. The van der Waals surface area contributed by atoms with E-state index < -0.39 is 0 Å². The van der Waals surface area contributed by atoms with Crippen LogP contribution in [0.3, 0.4) is 0 Å². The fraction of sp³-hybridized carbons (Fsp3) is 0.133. The first-order valence-corrected chi connectivity index (χ1v) is 6.64. The van der Waals surface area contributed by atoms with Crippen LogP contribution in [0, 0.1) is 13.8 Å². The maximum Gasteiger partial charge on any atom is 0.182 e. The Labute approximate surface area is 121 Å². The number of halogens is 1. The number of fused-ring (bicyclic) bond motifs is 1. The molecule has 0 unspecified atom stereocenters. The van der Waals surface area contributed by atoms with Crippen LogP contribution in [0.25, 0.3) is 5.65 Å². The summed E-state index contributed by atoms with van der Waals surface area (Å²) < 4.78 is 1.94. The summed E-state index contributed by atoms with van der Waals surface area (Å²) in [6, 6.07) is 11.3. The van der Waals surface area contributed by atoms with E-state index in [9.17, 15) is 0 Å². The van der Waals surface area contributed by atoms with E-state index in [4.69, 9.17) is 11.6 Å². The quantitative estimate of drug-likeness (QED) is 0.609. The van der Waals surface area contributed by atoms with Gasteiger partial charge in [0, 0.05) is 11.2 Å². The van der Waals surface area contributed by atoms with Gasteiger partial charge < -0.3 is 0 Å². The lowest BCUT2D eigenvalue weighted by Crippen LogP contribution is -1.84. The first-order chi connectivity index (χ1) is 9.63. The second-order valence-electron chi connectivity index (χ2n) is 4.64. The largest absolute Gasteiger partial charge is 0.283 e. The maximum absolute atomic E-state index is 5.93. The first-order valence-electron chi connectivity index (χ1n) is 6.26. The van der Waals surface area contributed by atoms with Crippen molar-refractivity contribution >= 4 is 28.8 Å². The highest BCUT2D eigenvalue weighted by atomic mass is 35.5. The molecule has 2 aromatic heterocycles. The number of aryl methyl sites for hydroxylation is 2. The fourth-order valence-corrected chi connectivity index (χ4v) is 2.20. The van der Waals surface area contributed by atoms with Crippen LogP contribution in [0.4, 0.5) is 11.5 Å². The number of azo groups is 1. The third-order valence-corrected chi connectivity index (χ3v) is 3.21. The van der Waals surface area contributed by atoms with Gasteiger partial charge in [-0.2, -0.15) is 0 Å². The molecule has 0 bridgehead atoms. The normalized spacial score (nSPS) is 11.6. The molecule has 1 aromatic carbocycles. The second-order valence-corrected chi connectivity index (χ2v) is 5.07. The summed E-state index contributed by atoms with van der Waals surface area (Å²) in [5.41, 5.74) is 3.59. The number of hydrogen-bond donors (Lipinski definition) is 0. The molecule has 0 saturated heterocycles. The number of imidazole rings is 1. The molecule has 100 valence electrons. The van der Waals surface area contributed by atoms with Crippen LogP contribution in [0.1, 0.15) is 11.3 Å². The predicted octanol–water partition coefficient (Wildman–Crippen LogP) is 5.02. The predicted molar refractivity (Wildman–Crippen MR) is 80.3 cm³/mol. The molecule has 0 N–H and O–H groups in total. The molecule has 0 radical (unpaired) electrons. The van der Waals surface area contributed by atoms with Crippen LogP contribution in [0.2, 0.25) is 5.02 Å². The standard InChI is InChI=1S/C15H13ClN4/c1-10-6-7-14-17-11(2)15(20(14)9-10)19-18-13-5-3-4-12(16)8-13/h3-9H,1-2H3. The summed E-state index contributed by atoms with van der Waals surface area (Å²) in [7, 11) is 0. The van der Waals surface area contributed by atoms with Gasteiger partial charge in [0.25, 0.3) is 0 Å². The van der Waals surface area contributed by atoms with Crippen molar-refractivity contribution in [1.29, 1.82) is 0 Å². The minimum absolute atomic E-state index is 0.646. The number of nitrogens with zero attached hydrogens (tertiary/aromatic N) is 4. The summed E-state index contributed by atoms with van der Waals surface area (Å²) >= 11 is 5.93. The van der Waals surface area contributed by atoms with Gasteiger partial charge in [0.15, 0.2) is 5.82 Å². The van der Waals surface area contributed by atoms with Crippen molar-refractivity contribution in [3.05, 3.63) is 58.9 Å². The van der Waals surface area contributed by atoms with E-state index in [-0.39, 0.29) is 0 Å². The topological polar surface area (TPSA) is 42.0 Å². The van der Waals surface area contributed by atoms with E-state index >= 15 is 0 Å². The minimum atomic E-state index is 0.646. The number of hydrogen-bond acceptors (Lipinski definition) is 3. The Balaban J connectivity index is 2.06. The lowest BCUT2D eigenvalue weighted by atomic mass is 10.3. The highest BCUT2D eigenvalue weighted by Gasteiger charge is 2.07. The lowest BCUT2D eigenvalue weighted by Gasteiger charge is -1.98. The molecule has 20 heavy (non-hydrogen) atoms. The molecule has 3 rings (SSSR count). The van der Waals surface area contributed by atoms with Crippen LogP contribution in [0.5, 0.6) is 0 Å². The monoisotopic (exact) mass is 284 g/mol. The average molecular weight is 285 g/mol. The van der Waals surface area contributed by atoms with Crippen LogP contribution < -0.4 is 0 Å². The smallest absolute Gasteiger partial charge is 0.182 e. The summed E-state index contributed by atoms with van der Waals surface area (Å²) in [5.74, 6) is 0.740. The molecule has 0 spiro atoms. The second kappa shape index (κ2) is 5.06. The highest BCUT2D eigenvalue weighted by Crippen LogP contribution is 2.25. The molecular weight excluding hydrogens is 272 g/mol. The SMILES string of the molecule is Cc1ccc2nc(C)c(N=Nc3cccc(Cl)c3)n2c1. The van der Waals surface area contributed by atoms with Crippen LogP contribution in [-0.4, -0.2) is 9.38 Å². The zero-order valence-electron chi connectivity index (χ0n) is 11.2. The summed E-state index contributed by atoms with van der Waals surface area (Å²) in [6.45, 7) is 3.96. The Morgan fingerprint density at radius 2 is 1.95 bits per heavy atom. The molecule has 0 aliphatic carbocycles. The van der Waals surface area contributed by atoms with E-state index in [0.29, 0.717) is 5.02 Å². The number of pyridine rings is 1. The van der Waals surface area contributed by atoms with E-state index in [1.807, 2.05) is 54.8 Å². The summed E-state index contributed by atoms with van der Waals surface area (Å²) in [4.78, 5) is 4.47. The Morgan fingerprint density at radius 1 is 1.10 bits per heavy atom. The number of benzene rings is 1. The molecule has 0 aliphatic heterocycles. The zero-order chi connectivity index (χ0) is 14.1. The van der Waals surface area contributed by atoms with Crippen molar-refractivity contribution in [3.63, 3.8) is 0 Å². The first kappa shape index (κ1) is 12.8. The van der Waals surface area contributed by atoms with Gasteiger partial charge in [-0.05, 0) is 43.7 Å². The molecule has 3 aromatic rings. The number of aromatic nitrogens is 2. The molecule has 0 saturated carbocycles. The summed E-state index contributed by atoms with van der Waals surface area (Å²) in [6.07, 6.45) is 2.00. The van der Waals surface area contributed by atoms with Gasteiger partial charge >= 0.3 is 0 Å². The molecule has 0 fully saturated rings. The fourth-order valence-electron chi connectivity index (χ4n) is 2.02. The molecule has 2 heterocycles. The Hall–Kier alpha value is -2.20. The van der Waals surface area contributed by atoms with E-state index in [2.05, 4.69) is 15.2 Å². The molecule has 0 atom stereocenters.